The number of thiophene rings is 1. The molecule has 0 unspecified atom stereocenters. The second-order valence-electron chi connectivity index (χ2n) is 3.62. The number of hydrogen-bond donors (Lipinski definition) is 1. The van der Waals surface area contributed by atoms with E-state index in [4.69, 9.17) is 11.0 Å². The van der Waals surface area contributed by atoms with Crippen LogP contribution in [0, 0.1) is 28.8 Å². The van der Waals surface area contributed by atoms with E-state index in [1.54, 1.807) is 17.5 Å². The van der Waals surface area contributed by atoms with Gasteiger partial charge in [0.1, 0.15) is 23.5 Å². The molecule has 19 heavy (non-hydrogen) atoms. The Balaban J connectivity index is 2.67. The number of rotatable bonds is 2. The maximum absolute atomic E-state index is 13.6. The lowest BCUT2D eigenvalue weighted by Crippen LogP contribution is -2.06. The first-order valence-corrected chi connectivity index (χ1v) is 6.01. The van der Waals surface area contributed by atoms with Gasteiger partial charge < -0.3 is 5.73 Å². The van der Waals surface area contributed by atoms with Gasteiger partial charge in [0.15, 0.2) is 0 Å². The molecule has 0 aliphatic heterocycles. The molecule has 0 aliphatic rings. The van der Waals surface area contributed by atoms with Gasteiger partial charge in [-0.2, -0.15) is 5.26 Å². The molecule has 0 saturated heterocycles. The number of nitriles is 1. The molecule has 2 nitrogen and oxygen atoms in total. The van der Waals surface area contributed by atoms with E-state index >= 15 is 0 Å². The Morgan fingerprint density at radius 3 is 2.32 bits per heavy atom. The Labute approximate surface area is 111 Å². The zero-order valence-electron chi connectivity index (χ0n) is 9.45. The molecule has 0 atom stereocenters. The Hall–Kier alpha value is -2.26. The van der Waals surface area contributed by atoms with E-state index < -0.39 is 23.0 Å². The summed E-state index contributed by atoms with van der Waals surface area (Å²) in [6.45, 7) is 0. The molecule has 0 aliphatic carbocycles. The van der Waals surface area contributed by atoms with E-state index in [1.165, 1.54) is 11.3 Å². The molecule has 2 rings (SSSR count). The van der Waals surface area contributed by atoms with Crippen LogP contribution in [0.5, 0.6) is 0 Å². The van der Waals surface area contributed by atoms with Gasteiger partial charge in [0.05, 0.1) is 16.8 Å². The number of benzene rings is 1. The third-order valence-electron chi connectivity index (χ3n) is 2.42. The van der Waals surface area contributed by atoms with Gasteiger partial charge in [0.25, 0.3) is 0 Å². The van der Waals surface area contributed by atoms with Crippen LogP contribution in [0.2, 0.25) is 0 Å². The van der Waals surface area contributed by atoms with Crippen molar-refractivity contribution in [2.24, 2.45) is 5.73 Å². The quantitative estimate of drug-likeness (QED) is 0.856. The SMILES string of the molecule is N#C/C(=C(/N)c1c(F)cc(F)cc1F)c1cccs1. The fraction of sp³-hybridized carbons (Fsp3) is 0. The molecule has 6 heteroatoms. The van der Waals surface area contributed by atoms with E-state index in [0.29, 0.717) is 17.0 Å². The van der Waals surface area contributed by atoms with Crippen molar-refractivity contribution in [3.8, 4) is 6.07 Å². The first-order valence-electron chi connectivity index (χ1n) is 5.13. The van der Waals surface area contributed by atoms with Gasteiger partial charge in [-0.3, -0.25) is 0 Å². The highest BCUT2D eigenvalue weighted by molar-refractivity contribution is 7.11. The molecule has 96 valence electrons. The van der Waals surface area contributed by atoms with E-state index in [1.807, 2.05) is 6.07 Å². The number of nitrogens with two attached hydrogens (primary N) is 1. The van der Waals surface area contributed by atoms with Gasteiger partial charge >= 0.3 is 0 Å². The van der Waals surface area contributed by atoms with E-state index in [9.17, 15) is 13.2 Å². The third kappa shape index (κ3) is 2.46. The monoisotopic (exact) mass is 280 g/mol. The lowest BCUT2D eigenvalue weighted by molar-refractivity contribution is 0.539. The van der Waals surface area contributed by atoms with Gasteiger partial charge in [-0.25, -0.2) is 13.2 Å². The van der Waals surface area contributed by atoms with Crippen LogP contribution in [0.3, 0.4) is 0 Å². The Morgan fingerprint density at radius 2 is 1.84 bits per heavy atom. The predicted octanol–water partition coefficient (Wildman–Crippen LogP) is 3.52. The van der Waals surface area contributed by atoms with E-state index in [0.717, 1.165) is 0 Å². The van der Waals surface area contributed by atoms with E-state index in [-0.39, 0.29) is 11.3 Å². The van der Waals surface area contributed by atoms with E-state index in [2.05, 4.69) is 0 Å². The summed E-state index contributed by atoms with van der Waals surface area (Å²) < 4.78 is 40.0. The molecule has 2 aromatic rings. The van der Waals surface area contributed by atoms with Crippen molar-refractivity contribution in [2.75, 3.05) is 0 Å². The molecule has 0 fully saturated rings. The molecule has 1 aromatic carbocycles. The number of allylic oxidation sites excluding steroid dienone is 1. The largest absolute Gasteiger partial charge is 0.397 e. The van der Waals surface area contributed by atoms with Crippen LogP contribution in [0.4, 0.5) is 13.2 Å². The number of hydrogen-bond acceptors (Lipinski definition) is 3. The average molecular weight is 280 g/mol. The fourth-order valence-corrected chi connectivity index (χ4v) is 2.33. The number of nitrogens with zero attached hydrogens (tertiary/aromatic N) is 1. The van der Waals surface area contributed by atoms with Crippen LogP contribution in [0.1, 0.15) is 10.4 Å². The lowest BCUT2D eigenvalue weighted by atomic mass is 10.1. The summed E-state index contributed by atoms with van der Waals surface area (Å²) >= 11 is 1.21. The third-order valence-corrected chi connectivity index (χ3v) is 3.31. The van der Waals surface area contributed by atoms with Crippen molar-refractivity contribution in [3.05, 3.63) is 57.5 Å². The molecule has 0 amide bonds. The van der Waals surface area contributed by atoms with Crippen molar-refractivity contribution >= 4 is 22.6 Å². The summed E-state index contributed by atoms with van der Waals surface area (Å²) in [7, 11) is 0. The maximum atomic E-state index is 13.6. The summed E-state index contributed by atoms with van der Waals surface area (Å²) in [5.74, 6) is -3.32. The zero-order valence-corrected chi connectivity index (χ0v) is 10.3. The summed E-state index contributed by atoms with van der Waals surface area (Å²) in [6, 6.07) is 6.14. The van der Waals surface area contributed by atoms with Crippen molar-refractivity contribution in [1.82, 2.24) is 0 Å². The molecule has 0 bridgehead atoms. The highest BCUT2D eigenvalue weighted by atomic mass is 32.1. The predicted molar refractivity (Wildman–Crippen MR) is 67.2 cm³/mol. The minimum Gasteiger partial charge on any atom is -0.397 e. The highest BCUT2D eigenvalue weighted by Gasteiger charge is 2.18. The van der Waals surface area contributed by atoms with Crippen LogP contribution in [-0.2, 0) is 0 Å². The van der Waals surface area contributed by atoms with Gasteiger partial charge in [-0.15, -0.1) is 11.3 Å². The minimum absolute atomic E-state index is 0.0422. The van der Waals surface area contributed by atoms with Crippen LogP contribution >= 0.6 is 11.3 Å². The molecule has 1 heterocycles. The second kappa shape index (κ2) is 5.16. The summed E-state index contributed by atoms with van der Waals surface area (Å²) in [4.78, 5) is 0.489. The maximum Gasteiger partial charge on any atom is 0.138 e. The molecule has 0 saturated carbocycles. The summed E-state index contributed by atoms with van der Waals surface area (Å²) in [5.41, 5.74) is 4.67. The second-order valence-corrected chi connectivity index (χ2v) is 4.57. The van der Waals surface area contributed by atoms with Gasteiger partial charge in [-0.1, -0.05) is 6.07 Å². The molecular formula is C13H7F3N2S. The van der Waals surface area contributed by atoms with Gasteiger partial charge in [0.2, 0.25) is 0 Å². The summed E-state index contributed by atoms with van der Waals surface area (Å²) in [5, 5.41) is 10.8. The Kier molecular flexibility index (Phi) is 3.58. The molecule has 0 spiro atoms. The first kappa shape index (κ1) is 13.2. The van der Waals surface area contributed by atoms with Crippen molar-refractivity contribution in [3.63, 3.8) is 0 Å². The molecule has 0 radical (unpaired) electrons. The fourth-order valence-electron chi connectivity index (χ4n) is 1.59. The Bertz CT molecular complexity index is 661. The average Bonchev–Trinajstić information content (AvgIpc) is 2.82. The lowest BCUT2D eigenvalue weighted by Gasteiger charge is -2.07. The standard InChI is InChI=1S/C13H7F3N2S/c14-7-4-9(15)12(10(16)5-7)13(18)8(6-17)11-2-1-3-19-11/h1-5H,18H2/b13-8-. The van der Waals surface area contributed by atoms with Crippen molar-refractivity contribution in [1.29, 1.82) is 5.26 Å². The number of halogens is 3. The van der Waals surface area contributed by atoms with Gasteiger partial charge in [-0.05, 0) is 11.4 Å². The zero-order chi connectivity index (χ0) is 14.0. The minimum atomic E-state index is -1.14. The van der Waals surface area contributed by atoms with Crippen LogP contribution < -0.4 is 5.73 Å². The van der Waals surface area contributed by atoms with Crippen molar-refractivity contribution in [2.45, 2.75) is 0 Å². The van der Waals surface area contributed by atoms with Gasteiger partial charge in [0, 0.05) is 17.0 Å². The topological polar surface area (TPSA) is 49.8 Å². The van der Waals surface area contributed by atoms with Crippen LogP contribution in [-0.4, -0.2) is 0 Å². The summed E-state index contributed by atoms with van der Waals surface area (Å²) in [6.07, 6.45) is 0. The van der Waals surface area contributed by atoms with Crippen molar-refractivity contribution < 1.29 is 13.2 Å². The van der Waals surface area contributed by atoms with Crippen LogP contribution in [0.15, 0.2) is 29.6 Å². The molecule has 1 aromatic heterocycles. The molecular weight excluding hydrogens is 273 g/mol. The van der Waals surface area contributed by atoms with Crippen LogP contribution in [0.25, 0.3) is 11.3 Å². The highest BCUT2D eigenvalue weighted by Crippen LogP contribution is 2.28. The Morgan fingerprint density at radius 1 is 1.21 bits per heavy atom. The first-order chi connectivity index (χ1) is 9.04. The normalized spacial score (nSPS) is 11.9. The smallest absolute Gasteiger partial charge is 0.138 e. The molecule has 2 N–H and O–H groups in total.